The minimum atomic E-state index is -0.521. The van der Waals surface area contributed by atoms with E-state index in [0.717, 1.165) is 66.4 Å². The fourth-order valence-electron chi connectivity index (χ4n) is 6.78. The molecule has 51 heavy (non-hydrogen) atoms. The Labute approximate surface area is 295 Å². The Balaban J connectivity index is 1.19. The van der Waals surface area contributed by atoms with Crippen molar-refractivity contribution in [2.75, 3.05) is 0 Å². The average Bonchev–Trinajstić information content (AvgIpc) is 3.60. The summed E-state index contributed by atoms with van der Waals surface area (Å²) >= 11 is 0. The van der Waals surface area contributed by atoms with Crippen molar-refractivity contribution in [3.63, 3.8) is 0 Å². The van der Waals surface area contributed by atoms with Gasteiger partial charge < -0.3 is 14.7 Å². The third-order valence-electron chi connectivity index (χ3n) is 9.34. The van der Waals surface area contributed by atoms with Crippen LogP contribution in [0.2, 0.25) is 0 Å². The third-order valence-corrected chi connectivity index (χ3v) is 9.34. The Morgan fingerprint density at radius 2 is 1.12 bits per heavy atom. The molecule has 0 saturated carbocycles. The van der Waals surface area contributed by atoms with Crippen LogP contribution < -0.4 is 0 Å². The lowest BCUT2D eigenvalue weighted by molar-refractivity contribution is 0.669. The predicted octanol–water partition coefficient (Wildman–Crippen LogP) is 11.7. The van der Waals surface area contributed by atoms with E-state index in [1.165, 1.54) is 0 Å². The van der Waals surface area contributed by atoms with Crippen LogP contribution in [0.3, 0.4) is 0 Å². The van der Waals surface area contributed by atoms with E-state index >= 15 is 0 Å². The third kappa shape index (κ3) is 5.65. The van der Waals surface area contributed by atoms with Gasteiger partial charge in [-0.3, -0.25) is 4.99 Å². The summed E-state index contributed by atoms with van der Waals surface area (Å²) in [7, 11) is 0. The number of nitrogens with zero attached hydrogens (tertiary/aromatic N) is 4. The summed E-state index contributed by atoms with van der Waals surface area (Å²) < 4.78 is 6.44. The molecule has 1 aromatic heterocycles. The van der Waals surface area contributed by atoms with Crippen LogP contribution in [0.4, 0.5) is 0 Å². The maximum atomic E-state index is 10.1. The van der Waals surface area contributed by atoms with Crippen molar-refractivity contribution in [1.82, 2.24) is 0 Å². The lowest BCUT2D eigenvalue weighted by atomic mass is 9.93. The summed E-state index contributed by atoms with van der Waals surface area (Å²) in [5, 5.41) is 17.2. The molecule has 1 aliphatic heterocycles. The summed E-state index contributed by atoms with van der Waals surface area (Å²) in [5.41, 5.74) is 11.0. The number of hydrogen-bond acceptors (Lipinski definition) is 4. The molecule has 0 amide bonds. The quantitative estimate of drug-likeness (QED) is 0.179. The molecule has 8 aromatic rings. The van der Waals surface area contributed by atoms with Crippen LogP contribution in [0.5, 0.6) is 0 Å². The number of furan rings is 1. The zero-order valence-electron chi connectivity index (χ0n) is 27.4. The smallest absolute Gasteiger partial charge is 0.136 e. The van der Waals surface area contributed by atoms with E-state index in [4.69, 9.17) is 19.7 Å². The molecule has 0 aliphatic carbocycles. The van der Waals surface area contributed by atoms with Crippen LogP contribution in [0.1, 0.15) is 28.4 Å². The summed E-state index contributed by atoms with van der Waals surface area (Å²) in [4.78, 5) is 10.2. The summed E-state index contributed by atoms with van der Waals surface area (Å²) in [6, 6.07) is 59.6. The summed E-state index contributed by atoms with van der Waals surface area (Å²) in [6.07, 6.45) is -0.521. The van der Waals surface area contributed by atoms with Gasteiger partial charge in [0, 0.05) is 16.3 Å². The summed E-state index contributed by atoms with van der Waals surface area (Å²) in [6.45, 7) is 0. The minimum absolute atomic E-state index is 0.521. The fraction of sp³-hybridized carbons (Fsp3) is 0.0217. The van der Waals surface area contributed by atoms with Gasteiger partial charge >= 0.3 is 0 Å². The maximum Gasteiger partial charge on any atom is 0.136 e. The average molecular weight is 654 g/mol. The highest BCUT2D eigenvalue weighted by Crippen LogP contribution is 2.41. The topological polar surface area (TPSA) is 75.8 Å². The normalized spacial score (nSPS) is 14.1. The molecule has 5 nitrogen and oxygen atoms in total. The number of nitriles is 1. The standard InChI is InChI=1S/C46H29N4O/c47-29-36-15-7-8-16-38(36)40-27-37(28-42-43(40)39-17-9-10-18-41(39)51-42)46-49-44(34-23-19-32(20-24-34)30-11-3-1-4-12-30)48-45(50-46)35-25-21-33(22-26-35)31-13-5-2-6-14-31/h1-28,44H/q-1. The number of rotatable bonds is 6. The van der Waals surface area contributed by atoms with E-state index in [2.05, 4.69) is 91.0 Å². The largest absolute Gasteiger partial charge is 0.456 e. The monoisotopic (exact) mass is 653 g/mol. The molecule has 0 N–H and O–H groups in total. The van der Waals surface area contributed by atoms with Crippen molar-refractivity contribution >= 4 is 33.6 Å². The highest BCUT2D eigenvalue weighted by molar-refractivity contribution is 6.22. The van der Waals surface area contributed by atoms with Crippen molar-refractivity contribution in [2.45, 2.75) is 6.17 Å². The highest BCUT2D eigenvalue weighted by Gasteiger charge is 2.19. The van der Waals surface area contributed by atoms with Gasteiger partial charge in [0.2, 0.25) is 0 Å². The second-order valence-electron chi connectivity index (χ2n) is 12.5. The SMILES string of the molecule is N#Cc1ccccc1-c1cc(C2=NC(c3ccc(-c4ccccc4)cc3)=NC(c3ccc(-c4ccccc4)cc3)[N-]2)cc2oc3ccccc3c12. The van der Waals surface area contributed by atoms with Gasteiger partial charge in [0.1, 0.15) is 11.2 Å². The van der Waals surface area contributed by atoms with Gasteiger partial charge in [-0.2, -0.15) is 5.26 Å². The maximum absolute atomic E-state index is 10.1. The number of amidine groups is 2. The van der Waals surface area contributed by atoms with Crippen molar-refractivity contribution in [3.05, 3.63) is 197 Å². The highest BCUT2D eigenvalue weighted by atomic mass is 16.3. The van der Waals surface area contributed by atoms with Crippen LogP contribution in [0.25, 0.3) is 60.6 Å². The van der Waals surface area contributed by atoms with Gasteiger partial charge in [0.15, 0.2) is 0 Å². The van der Waals surface area contributed by atoms with Gasteiger partial charge in [-0.1, -0.05) is 151 Å². The molecule has 0 bridgehead atoms. The molecule has 5 heteroatoms. The van der Waals surface area contributed by atoms with Crippen molar-refractivity contribution < 1.29 is 4.42 Å². The Kier molecular flexibility index (Phi) is 7.53. The zero-order chi connectivity index (χ0) is 34.1. The molecular formula is C46H29N4O-. The molecule has 1 unspecified atom stereocenters. The molecule has 1 atom stereocenters. The molecule has 2 heterocycles. The first-order valence-electron chi connectivity index (χ1n) is 16.9. The first kappa shape index (κ1) is 30.1. The second kappa shape index (κ2) is 12.8. The molecule has 0 spiro atoms. The van der Waals surface area contributed by atoms with Gasteiger partial charge in [0.05, 0.1) is 23.6 Å². The summed E-state index contributed by atoms with van der Waals surface area (Å²) in [5.74, 6) is 1.14. The van der Waals surface area contributed by atoms with E-state index in [1.807, 2.05) is 84.9 Å². The minimum Gasteiger partial charge on any atom is -0.456 e. The van der Waals surface area contributed by atoms with Crippen LogP contribution in [-0.4, -0.2) is 11.7 Å². The van der Waals surface area contributed by atoms with Gasteiger partial charge in [-0.25, -0.2) is 0 Å². The number of hydrogen-bond donors (Lipinski definition) is 0. The van der Waals surface area contributed by atoms with Gasteiger partial charge in [-0.05, 0) is 68.8 Å². The molecule has 240 valence electrons. The Bertz CT molecular complexity index is 2650. The number of para-hydroxylation sites is 1. The first-order valence-corrected chi connectivity index (χ1v) is 16.9. The fourth-order valence-corrected chi connectivity index (χ4v) is 6.78. The first-order chi connectivity index (χ1) is 25.2. The molecule has 9 rings (SSSR count). The Morgan fingerprint density at radius 3 is 1.82 bits per heavy atom. The van der Waals surface area contributed by atoms with Gasteiger partial charge in [0.25, 0.3) is 0 Å². The van der Waals surface area contributed by atoms with Crippen molar-refractivity contribution in [3.8, 4) is 39.4 Å². The number of fused-ring (bicyclic) bond motifs is 3. The van der Waals surface area contributed by atoms with E-state index in [0.29, 0.717) is 22.8 Å². The Hall–Kier alpha value is -7.03. The van der Waals surface area contributed by atoms with Crippen LogP contribution in [0.15, 0.2) is 184 Å². The second-order valence-corrected chi connectivity index (χ2v) is 12.5. The molecular weight excluding hydrogens is 625 g/mol. The predicted molar refractivity (Wildman–Crippen MR) is 207 cm³/mol. The molecule has 0 saturated heterocycles. The van der Waals surface area contributed by atoms with Crippen LogP contribution >= 0.6 is 0 Å². The zero-order valence-corrected chi connectivity index (χ0v) is 27.4. The van der Waals surface area contributed by atoms with Crippen LogP contribution in [0, 0.1) is 11.3 Å². The lowest BCUT2D eigenvalue weighted by Gasteiger charge is -2.32. The number of aliphatic imine (C=N–C) groups is 2. The van der Waals surface area contributed by atoms with E-state index in [9.17, 15) is 5.26 Å². The van der Waals surface area contributed by atoms with E-state index < -0.39 is 6.17 Å². The molecule has 1 aliphatic rings. The van der Waals surface area contributed by atoms with Crippen LogP contribution in [-0.2, 0) is 0 Å². The van der Waals surface area contributed by atoms with Crippen molar-refractivity contribution in [2.24, 2.45) is 9.98 Å². The number of benzene rings is 7. The lowest BCUT2D eigenvalue weighted by Crippen LogP contribution is -2.16. The Morgan fingerprint density at radius 1 is 0.529 bits per heavy atom. The molecule has 7 aromatic carbocycles. The van der Waals surface area contributed by atoms with E-state index in [1.54, 1.807) is 0 Å². The molecule has 0 radical (unpaired) electrons. The van der Waals surface area contributed by atoms with Gasteiger partial charge in [-0.15, -0.1) is 0 Å². The molecule has 0 fully saturated rings. The van der Waals surface area contributed by atoms with E-state index in [-0.39, 0.29) is 0 Å². The van der Waals surface area contributed by atoms with Crippen molar-refractivity contribution in [1.29, 1.82) is 5.26 Å².